The Balaban J connectivity index is 2.22. The summed E-state index contributed by atoms with van der Waals surface area (Å²) in [4.78, 5) is 34.4. The molecule has 1 rings (SSSR count). The van der Waals surface area contributed by atoms with Crippen molar-refractivity contribution in [2.45, 2.75) is 45.1 Å². The molecule has 0 aliphatic heterocycles. The first-order valence-corrected chi connectivity index (χ1v) is 8.31. The summed E-state index contributed by atoms with van der Waals surface area (Å²) in [5.41, 5.74) is 0.611. The Hall–Kier alpha value is -1.89. The largest absolute Gasteiger partial charge is 0.480 e. The molecule has 1 aromatic heterocycles. The van der Waals surface area contributed by atoms with E-state index in [1.165, 1.54) is 11.3 Å². The zero-order valence-electron chi connectivity index (χ0n) is 12.6. The van der Waals surface area contributed by atoms with Crippen LogP contribution in [0.15, 0.2) is 16.8 Å². The summed E-state index contributed by atoms with van der Waals surface area (Å²) in [6, 6.07) is 0.908. The van der Waals surface area contributed by atoms with E-state index in [1.54, 1.807) is 11.4 Å². The summed E-state index contributed by atoms with van der Waals surface area (Å²) in [5.74, 6) is -1.46. The first kappa shape index (κ1) is 18.2. The minimum Gasteiger partial charge on any atom is -0.480 e. The normalized spacial score (nSPS) is 11.7. The van der Waals surface area contributed by atoms with Crippen LogP contribution in [0.25, 0.3) is 0 Å². The van der Waals surface area contributed by atoms with E-state index >= 15 is 0 Å². The second-order valence-electron chi connectivity index (χ2n) is 4.97. The summed E-state index contributed by atoms with van der Waals surface area (Å²) in [5, 5.41) is 17.8. The number of hydrogen-bond acceptors (Lipinski definition) is 4. The number of nitrogens with one attached hydrogen (secondary N) is 2. The van der Waals surface area contributed by atoms with Crippen molar-refractivity contribution in [1.29, 1.82) is 0 Å². The van der Waals surface area contributed by atoms with Crippen molar-refractivity contribution in [1.82, 2.24) is 10.6 Å². The maximum absolute atomic E-state index is 11.7. The molecule has 1 atom stereocenters. The number of carbonyl (C=O) groups excluding carboxylic acids is 2. The second-order valence-corrected chi connectivity index (χ2v) is 5.75. The highest BCUT2D eigenvalue weighted by Crippen LogP contribution is 2.05. The molecule has 0 saturated heterocycles. The number of carboxylic acid groups (broad SMARTS) is 1. The molecular formula is C15H22N2O4S. The minimum absolute atomic E-state index is 0.159. The van der Waals surface area contributed by atoms with E-state index in [0.29, 0.717) is 24.9 Å². The summed E-state index contributed by atoms with van der Waals surface area (Å²) >= 11 is 1.45. The molecule has 0 saturated carbocycles. The van der Waals surface area contributed by atoms with E-state index < -0.39 is 12.0 Å². The zero-order valence-corrected chi connectivity index (χ0v) is 13.4. The third-order valence-electron chi connectivity index (χ3n) is 3.13. The number of hydrogen-bond donors (Lipinski definition) is 3. The lowest BCUT2D eigenvalue weighted by atomic mass is 10.1. The Bertz CT molecular complexity index is 488. The van der Waals surface area contributed by atoms with Gasteiger partial charge in [-0.05, 0) is 24.3 Å². The smallest absolute Gasteiger partial charge is 0.326 e. The highest BCUT2D eigenvalue weighted by molar-refractivity contribution is 7.08. The molecule has 0 spiro atoms. The van der Waals surface area contributed by atoms with Crippen LogP contribution in [0.3, 0.4) is 0 Å². The van der Waals surface area contributed by atoms with Gasteiger partial charge in [-0.15, -0.1) is 0 Å². The maximum atomic E-state index is 11.7. The van der Waals surface area contributed by atoms with Gasteiger partial charge in [0.15, 0.2) is 0 Å². The molecule has 0 unspecified atom stereocenters. The van der Waals surface area contributed by atoms with Gasteiger partial charge < -0.3 is 15.7 Å². The molecule has 0 radical (unpaired) electrons. The van der Waals surface area contributed by atoms with Crippen molar-refractivity contribution in [3.8, 4) is 0 Å². The fourth-order valence-electron chi connectivity index (χ4n) is 1.88. The van der Waals surface area contributed by atoms with Crippen molar-refractivity contribution in [3.63, 3.8) is 0 Å². The summed E-state index contributed by atoms with van der Waals surface area (Å²) in [6.45, 7) is 2.35. The van der Waals surface area contributed by atoms with E-state index in [1.807, 2.05) is 12.3 Å². The van der Waals surface area contributed by atoms with Gasteiger partial charge in [-0.1, -0.05) is 19.8 Å². The van der Waals surface area contributed by atoms with Crippen LogP contribution in [0.4, 0.5) is 0 Å². The van der Waals surface area contributed by atoms with Crippen LogP contribution in [-0.2, 0) is 9.59 Å². The predicted octanol–water partition coefficient (Wildman–Crippen LogP) is 2.02. The Morgan fingerprint density at radius 1 is 1.32 bits per heavy atom. The van der Waals surface area contributed by atoms with Gasteiger partial charge in [-0.3, -0.25) is 9.59 Å². The molecule has 0 aliphatic rings. The molecule has 22 heavy (non-hydrogen) atoms. The molecular weight excluding hydrogens is 304 g/mol. The number of amides is 2. The minimum atomic E-state index is -1.01. The average molecular weight is 326 g/mol. The van der Waals surface area contributed by atoms with Crippen LogP contribution < -0.4 is 10.6 Å². The molecule has 0 aromatic carbocycles. The number of thiophene rings is 1. The van der Waals surface area contributed by atoms with E-state index in [4.69, 9.17) is 5.11 Å². The SMILES string of the molecule is CCCC[C@H](NC(=O)CCCNC(=O)c1ccsc1)C(=O)O. The third-order valence-corrected chi connectivity index (χ3v) is 3.81. The van der Waals surface area contributed by atoms with Crippen molar-refractivity contribution >= 4 is 29.1 Å². The van der Waals surface area contributed by atoms with Crippen LogP contribution in [0.1, 0.15) is 49.4 Å². The lowest BCUT2D eigenvalue weighted by molar-refractivity contribution is -0.142. The molecule has 1 heterocycles. The van der Waals surface area contributed by atoms with E-state index in [2.05, 4.69) is 10.6 Å². The van der Waals surface area contributed by atoms with Crippen molar-refractivity contribution in [2.24, 2.45) is 0 Å². The Labute approximate surface area is 133 Å². The van der Waals surface area contributed by atoms with Gasteiger partial charge in [0, 0.05) is 23.9 Å². The first-order chi connectivity index (χ1) is 10.5. The van der Waals surface area contributed by atoms with Crippen LogP contribution in [0.2, 0.25) is 0 Å². The molecule has 7 heteroatoms. The van der Waals surface area contributed by atoms with Crippen molar-refractivity contribution in [2.75, 3.05) is 6.54 Å². The second kappa shape index (κ2) is 9.94. The highest BCUT2D eigenvalue weighted by atomic mass is 32.1. The predicted molar refractivity (Wildman–Crippen MR) is 85.0 cm³/mol. The van der Waals surface area contributed by atoms with Gasteiger partial charge in [-0.25, -0.2) is 4.79 Å². The number of unbranched alkanes of at least 4 members (excludes halogenated alkanes) is 1. The molecule has 0 fully saturated rings. The van der Waals surface area contributed by atoms with E-state index in [9.17, 15) is 14.4 Å². The fraction of sp³-hybridized carbons (Fsp3) is 0.533. The number of carbonyl (C=O) groups is 3. The number of aliphatic carboxylic acids is 1. The van der Waals surface area contributed by atoms with Gasteiger partial charge in [0.1, 0.15) is 6.04 Å². The lowest BCUT2D eigenvalue weighted by Gasteiger charge is -2.14. The Kier molecular flexibility index (Phi) is 8.21. The van der Waals surface area contributed by atoms with Crippen molar-refractivity contribution < 1.29 is 19.5 Å². The molecule has 0 bridgehead atoms. The quantitative estimate of drug-likeness (QED) is 0.573. The number of rotatable bonds is 10. The fourth-order valence-corrected chi connectivity index (χ4v) is 2.51. The topological polar surface area (TPSA) is 95.5 Å². The summed E-state index contributed by atoms with van der Waals surface area (Å²) in [7, 11) is 0. The molecule has 1 aromatic rings. The first-order valence-electron chi connectivity index (χ1n) is 7.37. The maximum Gasteiger partial charge on any atom is 0.326 e. The van der Waals surface area contributed by atoms with Crippen LogP contribution in [0, 0.1) is 0 Å². The monoisotopic (exact) mass is 326 g/mol. The lowest BCUT2D eigenvalue weighted by Crippen LogP contribution is -2.40. The summed E-state index contributed by atoms with van der Waals surface area (Å²) < 4.78 is 0. The van der Waals surface area contributed by atoms with Gasteiger partial charge in [0.2, 0.25) is 5.91 Å². The molecule has 6 nitrogen and oxygen atoms in total. The van der Waals surface area contributed by atoms with Crippen LogP contribution >= 0.6 is 11.3 Å². The summed E-state index contributed by atoms with van der Waals surface area (Å²) in [6.07, 6.45) is 2.75. The Morgan fingerprint density at radius 2 is 2.09 bits per heavy atom. The van der Waals surface area contributed by atoms with Gasteiger partial charge in [-0.2, -0.15) is 11.3 Å². The van der Waals surface area contributed by atoms with Gasteiger partial charge in [0.25, 0.3) is 5.91 Å². The van der Waals surface area contributed by atoms with Gasteiger partial charge in [0.05, 0.1) is 0 Å². The third kappa shape index (κ3) is 6.71. The number of carboxylic acids is 1. The van der Waals surface area contributed by atoms with Gasteiger partial charge >= 0.3 is 5.97 Å². The van der Waals surface area contributed by atoms with Crippen LogP contribution in [0.5, 0.6) is 0 Å². The van der Waals surface area contributed by atoms with E-state index in [0.717, 1.165) is 12.8 Å². The van der Waals surface area contributed by atoms with Crippen LogP contribution in [-0.4, -0.2) is 35.5 Å². The highest BCUT2D eigenvalue weighted by Gasteiger charge is 2.18. The molecule has 122 valence electrons. The average Bonchev–Trinajstić information content (AvgIpc) is 3.01. The van der Waals surface area contributed by atoms with E-state index in [-0.39, 0.29) is 18.2 Å². The van der Waals surface area contributed by atoms with Crippen molar-refractivity contribution in [3.05, 3.63) is 22.4 Å². The standard InChI is InChI=1S/C15H22N2O4S/c1-2-3-5-12(15(20)21)17-13(18)6-4-8-16-14(19)11-7-9-22-10-11/h7,9-10,12H,2-6,8H2,1H3,(H,16,19)(H,17,18)(H,20,21)/t12-/m0/s1. The molecule has 2 amide bonds. The Morgan fingerprint density at radius 3 is 2.68 bits per heavy atom. The zero-order chi connectivity index (χ0) is 16.4. The molecule has 3 N–H and O–H groups in total. The molecule has 0 aliphatic carbocycles.